The molecule has 3 aromatic rings. The topological polar surface area (TPSA) is 109 Å². The number of halogens is 1. The number of benzene rings is 1. The quantitative estimate of drug-likeness (QED) is 0.397. The lowest BCUT2D eigenvalue weighted by molar-refractivity contribution is -0.138. The molecule has 3 N–H and O–H groups in total. The van der Waals surface area contributed by atoms with Gasteiger partial charge in [0.1, 0.15) is 29.8 Å². The van der Waals surface area contributed by atoms with Crippen molar-refractivity contribution in [3.8, 4) is 0 Å². The third-order valence-electron chi connectivity index (χ3n) is 6.93. The van der Waals surface area contributed by atoms with E-state index >= 15 is 0 Å². The molecule has 1 aromatic carbocycles. The summed E-state index contributed by atoms with van der Waals surface area (Å²) < 4.78 is 20.2. The molecule has 1 saturated carbocycles. The highest BCUT2D eigenvalue weighted by molar-refractivity contribution is 5.91. The maximum atomic E-state index is 14.3. The number of ether oxygens (including phenoxy) is 1. The van der Waals surface area contributed by atoms with Crippen molar-refractivity contribution in [2.45, 2.75) is 57.1 Å². The van der Waals surface area contributed by atoms with Crippen LogP contribution in [0.15, 0.2) is 36.7 Å². The first kappa shape index (κ1) is 23.4. The number of nitrogens with zero attached hydrogens (tertiary/aromatic N) is 3. The van der Waals surface area contributed by atoms with Gasteiger partial charge in [0.05, 0.1) is 17.0 Å². The summed E-state index contributed by atoms with van der Waals surface area (Å²) in [6.45, 7) is 1.31. The summed E-state index contributed by atoms with van der Waals surface area (Å²) in [7, 11) is 0. The van der Waals surface area contributed by atoms with Crippen LogP contribution in [0.2, 0.25) is 0 Å². The summed E-state index contributed by atoms with van der Waals surface area (Å²) >= 11 is 0. The van der Waals surface area contributed by atoms with Gasteiger partial charge in [0.15, 0.2) is 0 Å². The smallest absolute Gasteiger partial charge is 0.326 e. The summed E-state index contributed by atoms with van der Waals surface area (Å²) in [6, 6.07) is 7.93. The molecule has 0 bridgehead atoms. The molecule has 1 fully saturated rings. The molecule has 0 amide bonds. The molecule has 184 valence electrons. The first-order valence-electron chi connectivity index (χ1n) is 12.3. The Hall–Kier alpha value is -3.33. The van der Waals surface area contributed by atoms with Crippen LogP contribution in [-0.2, 0) is 22.4 Å². The zero-order valence-corrected chi connectivity index (χ0v) is 19.5. The molecule has 2 aromatic heterocycles. The van der Waals surface area contributed by atoms with Crippen LogP contribution in [0, 0.1) is 11.7 Å². The van der Waals surface area contributed by atoms with Crippen LogP contribution in [0.1, 0.15) is 43.4 Å². The minimum atomic E-state index is -1.03. The number of pyridine rings is 1. The van der Waals surface area contributed by atoms with Crippen molar-refractivity contribution in [2.24, 2.45) is 5.92 Å². The normalized spacial score (nSPS) is 19.9. The SMILES string of the molecule is O=C(O)[C@H](CCO[C@H]1C[C@H](CCc2ccc3c(n2)NCCC3)C1)Nc1ncnc2cccc(F)c12. The Bertz CT molecular complexity index is 1200. The van der Waals surface area contributed by atoms with Crippen LogP contribution in [0.3, 0.4) is 0 Å². The second-order valence-electron chi connectivity index (χ2n) is 9.39. The van der Waals surface area contributed by atoms with E-state index in [0.29, 0.717) is 18.0 Å². The number of nitrogens with one attached hydrogen (secondary N) is 2. The van der Waals surface area contributed by atoms with E-state index < -0.39 is 17.8 Å². The molecule has 0 spiro atoms. The minimum absolute atomic E-state index is 0.157. The van der Waals surface area contributed by atoms with Crippen molar-refractivity contribution in [1.82, 2.24) is 15.0 Å². The zero-order chi connectivity index (χ0) is 24.2. The second-order valence-corrected chi connectivity index (χ2v) is 9.39. The van der Waals surface area contributed by atoms with Gasteiger partial charge in [0.2, 0.25) is 0 Å². The molecule has 0 saturated heterocycles. The molecule has 1 atom stereocenters. The summed E-state index contributed by atoms with van der Waals surface area (Å²) in [5.41, 5.74) is 2.86. The van der Waals surface area contributed by atoms with E-state index in [9.17, 15) is 14.3 Å². The van der Waals surface area contributed by atoms with Gasteiger partial charge in [-0.25, -0.2) is 24.1 Å². The van der Waals surface area contributed by atoms with E-state index in [0.717, 1.165) is 56.6 Å². The molecule has 2 aliphatic rings. The molecule has 9 heteroatoms. The Morgan fingerprint density at radius 3 is 3.00 bits per heavy atom. The van der Waals surface area contributed by atoms with Crippen molar-refractivity contribution in [3.63, 3.8) is 0 Å². The van der Waals surface area contributed by atoms with Crippen molar-refractivity contribution >= 4 is 28.5 Å². The van der Waals surface area contributed by atoms with Crippen LogP contribution < -0.4 is 10.6 Å². The molecule has 3 heterocycles. The largest absolute Gasteiger partial charge is 0.480 e. The molecular weight excluding hydrogens is 449 g/mol. The molecule has 1 aliphatic carbocycles. The van der Waals surface area contributed by atoms with E-state index in [1.54, 1.807) is 12.1 Å². The van der Waals surface area contributed by atoms with E-state index in [4.69, 9.17) is 9.72 Å². The Morgan fingerprint density at radius 1 is 1.26 bits per heavy atom. The van der Waals surface area contributed by atoms with Crippen LogP contribution in [0.5, 0.6) is 0 Å². The summed E-state index contributed by atoms with van der Waals surface area (Å²) in [6.07, 6.45) is 7.97. The average Bonchev–Trinajstić information content (AvgIpc) is 2.84. The number of carboxylic acids is 1. The maximum absolute atomic E-state index is 14.3. The number of aromatic nitrogens is 3. The maximum Gasteiger partial charge on any atom is 0.326 e. The van der Waals surface area contributed by atoms with Gasteiger partial charge < -0.3 is 20.5 Å². The van der Waals surface area contributed by atoms with Gasteiger partial charge in [0, 0.05) is 25.3 Å². The lowest BCUT2D eigenvalue weighted by Crippen LogP contribution is -2.35. The molecule has 0 radical (unpaired) electrons. The Labute approximate surface area is 203 Å². The van der Waals surface area contributed by atoms with Gasteiger partial charge in [-0.05, 0) is 68.2 Å². The summed E-state index contributed by atoms with van der Waals surface area (Å²) in [5, 5.41) is 16.1. The molecule has 35 heavy (non-hydrogen) atoms. The van der Waals surface area contributed by atoms with E-state index in [-0.39, 0.29) is 23.7 Å². The predicted molar refractivity (Wildman–Crippen MR) is 131 cm³/mol. The number of rotatable bonds is 10. The van der Waals surface area contributed by atoms with Crippen molar-refractivity contribution in [1.29, 1.82) is 0 Å². The van der Waals surface area contributed by atoms with E-state index in [1.165, 1.54) is 18.0 Å². The first-order chi connectivity index (χ1) is 17.1. The number of hydrogen-bond acceptors (Lipinski definition) is 7. The van der Waals surface area contributed by atoms with Gasteiger partial charge >= 0.3 is 5.97 Å². The van der Waals surface area contributed by atoms with E-state index in [2.05, 4.69) is 32.7 Å². The van der Waals surface area contributed by atoms with Crippen LogP contribution in [-0.4, -0.2) is 51.3 Å². The van der Waals surface area contributed by atoms with E-state index in [1.807, 2.05) is 0 Å². The van der Waals surface area contributed by atoms with Gasteiger partial charge in [-0.15, -0.1) is 0 Å². The van der Waals surface area contributed by atoms with Crippen LogP contribution >= 0.6 is 0 Å². The van der Waals surface area contributed by atoms with Gasteiger partial charge in [-0.2, -0.15) is 0 Å². The highest BCUT2D eigenvalue weighted by Crippen LogP contribution is 2.34. The molecular formula is C26H30FN5O3. The molecule has 1 aliphatic heterocycles. The number of hydrogen-bond donors (Lipinski definition) is 3. The fourth-order valence-electron chi connectivity index (χ4n) is 4.86. The van der Waals surface area contributed by atoms with Gasteiger partial charge in [-0.1, -0.05) is 12.1 Å². The Morgan fingerprint density at radius 2 is 2.14 bits per heavy atom. The highest BCUT2D eigenvalue weighted by Gasteiger charge is 2.30. The number of anilines is 2. The van der Waals surface area contributed by atoms with Gasteiger partial charge in [-0.3, -0.25) is 0 Å². The monoisotopic (exact) mass is 479 g/mol. The molecule has 5 rings (SSSR count). The summed E-state index contributed by atoms with van der Waals surface area (Å²) in [4.78, 5) is 24.7. The van der Waals surface area contributed by atoms with Crippen molar-refractivity contribution in [3.05, 3.63) is 53.7 Å². The number of carboxylic acid groups (broad SMARTS) is 1. The number of aryl methyl sites for hydroxylation is 2. The minimum Gasteiger partial charge on any atom is -0.480 e. The highest BCUT2D eigenvalue weighted by atomic mass is 19.1. The number of aliphatic carboxylic acids is 1. The standard InChI is InChI=1S/C26H30FN5O3/c27-20-4-1-5-21-23(20)25(30-15-29-21)32-22(26(33)34)10-12-35-19-13-16(14-19)6-8-18-9-7-17-3-2-11-28-24(17)31-18/h1,4-5,7,9,15-16,19,22H,2-3,6,8,10-14H2,(H,28,31)(H,33,34)(H,29,30,32)/t16-,19-,22-/m0/s1. The van der Waals surface area contributed by atoms with Crippen molar-refractivity contribution in [2.75, 3.05) is 23.8 Å². The fraction of sp³-hybridized carbons (Fsp3) is 0.462. The third kappa shape index (κ3) is 5.51. The summed E-state index contributed by atoms with van der Waals surface area (Å²) in [5.74, 6) is 0.302. The lowest BCUT2D eigenvalue weighted by Gasteiger charge is -2.35. The third-order valence-corrected chi connectivity index (χ3v) is 6.93. The van der Waals surface area contributed by atoms with Crippen molar-refractivity contribution < 1.29 is 19.0 Å². The van der Waals surface area contributed by atoms with Gasteiger partial charge in [0.25, 0.3) is 0 Å². The fourth-order valence-corrected chi connectivity index (χ4v) is 4.86. The number of fused-ring (bicyclic) bond motifs is 2. The second kappa shape index (κ2) is 10.5. The molecule has 8 nitrogen and oxygen atoms in total. The predicted octanol–water partition coefficient (Wildman–Crippen LogP) is 4.21. The lowest BCUT2D eigenvalue weighted by atomic mass is 9.79. The Balaban J connectivity index is 1.06. The van der Waals surface area contributed by atoms with Crippen LogP contribution in [0.25, 0.3) is 10.9 Å². The molecule has 0 unspecified atom stereocenters. The number of carbonyl (C=O) groups is 1. The zero-order valence-electron chi connectivity index (χ0n) is 19.5. The Kier molecular flexibility index (Phi) is 7.03. The average molecular weight is 480 g/mol. The first-order valence-corrected chi connectivity index (χ1v) is 12.3. The van der Waals surface area contributed by atoms with Crippen LogP contribution in [0.4, 0.5) is 16.0 Å².